The first-order chi connectivity index (χ1) is 6.12. The largest absolute Gasteiger partial charge is 0.444 e. The lowest BCUT2D eigenvalue weighted by Crippen LogP contribution is -2.53. The molecule has 0 aliphatic carbocycles. The highest BCUT2D eigenvalue weighted by Gasteiger charge is 2.24. The number of ether oxygens (including phenoxy) is 2. The summed E-state index contributed by atoms with van der Waals surface area (Å²) in [5.41, 5.74) is 4.86. The van der Waals surface area contributed by atoms with Gasteiger partial charge in [0.05, 0.1) is 20.3 Å². The minimum Gasteiger partial charge on any atom is -0.444 e. The van der Waals surface area contributed by atoms with Crippen molar-refractivity contribution in [1.82, 2.24) is 0 Å². The van der Waals surface area contributed by atoms with Crippen molar-refractivity contribution in [1.29, 1.82) is 0 Å². The standard InChI is InChI=1S/C8H16N2O3/c1-10(2-5-12-6-3-10)4-7-13-8(9)11/h2-7H2,1H3,(H-,9,11)/p+1. The van der Waals surface area contributed by atoms with Crippen molar-refractivity contribution in [2.45, 2.75) is 0 Å². The first-order valence-corrected chi connectivity index (χ1v) is 4.46. The maximum atomic E-state index is 10.3. The maximum absolute atomic E-state index is 10.3. The second-order valence-corrected chi connectivity index (χ2v) is 3.57. The Morgan fingerprint density at radius 3 is 2.69 bits per heavy atom. The van der Waals surface area contributed by atoms with Crippen LogP contribution >= 0.6 is 0 Å². The van der Waals surface area contributed by atoms with Gasteiger partial charge in [-0.1, -0.05) is 0 Å². The monoisotopic (exact) mass is 189 g/mol. The molecule has 0 radical (unpaired) electrons. The molecule has 5 heteroatoms. The van der Waals surface area contributed by atoms with Crippen LogP contribution in [0.2, 0.25) is 0 Å². The lowest BCUT2D eigenvalue weighted by molar-refractivity contribution is -0.917. The molecule has 13 heavy (non-hydrogen) atoms. The molecular weight excluding hydrogens is 172 g/mol. The van der Waals surface area contributed by atoms with Gasteiger partial charge >= 0.3 is 6.09 Å². The lowest BCUT2D eigenvalue weighted by atomic mass is 10.3. The van der Waals surface area contributed by atoms with Crippen molar-refractivity contribution in [3.63, 3.8) is 0 Å². The lowest BCUT2D eigenvalue weighted by Gasteiger charge is -2.37. The van der Waals surface area contributed by atoms with Crippen LogP contribution in [0.4, 0.5) is 4.79 Å². The number of nitrogens with two attached hydrogens (primary N) is 1. The number of hydrogen-bond donors (Lipinski definition) is 1. The van der Waals surface area contributed by atoms with Crippen molar-refractivity contribution < 1.29 is 18.8 Å². The van der Waals surface area contributed by atoms with E-state index < -0.39 is 6.09 Å². The molecule has 1 amide bonds. The number of primary amides is 1. The zero-order chi connectivity index (χ0) is 9.73. The van der Waals surface area contributed by atoms with Gasteiger partial charge in [-0.2, -0.15) is 0 Å². The number of likely N-dealkylation sites (N-methyl/N-ethyl adjacent to an activating group) is 1. The highest BCUT2D eigenvalue weighted by Crippen LogP contribution is 2.06. The summed E-state index contributed by atoms with van der Waals surface area (Å²) in [4.78, 5) is 10.3. The number of rotatable bonds is 3. The molecular formula is C8H17N2O3+. The smallest absolute Gasteiger partial charge is 0.404 e. The van der Waals surface area contributed by atoms with E-state index in [1.54, 1.807) is 0 Å². The third-order valence-electron chi connectivity index (χ3n) is 2.43. The zero-order valence-electron chi connectivity index (χ0n) is 7.99. The topological polar surface area (TPSA) is 61.5 Å². The summed E-state index contributed by atoms with van der Waals surface area (Å²) in [6.07, 6.45) is -0.695. The second-order valence-electron chi connectivity index (χ2n) is 3.57. The molecule has 0 aromatic carbocycles. The molecule has 0 spiro atoms. The Bertz CT molecular complexity index is 178. The molecule has 0 unspecified atom stereocenters. The molecule has 2 N–H and O–H groups in total. The van der Waals surface area contributed by atoms with Crippen molar-refractivity contribution in [2.24, 2.45) is 5.73 Å². The number of carbonyl (C=O) groups excluding carboxylic acids is 1. The Hall–Kier alpha value is -0.810. The molecule has 0 aromatic rings. The average Bonchev–Trinajstić information content (AvgIpc) is 2.04. The van der Waals surface area contributed by atoms with Gasteiger partial charge in [-0.25, -0.2) is 4.79 Å². The fourth-order valence-corrected chi connectivity index (χ4v) is 1.37. The summed E-state index contributed by atoms with van der Waals surface area (Å²) < 4.78 is 10.8. The molecule has 1 fully saturated rings. The number of amides is 1. The average molecular weight is 189 g/mol. The van der Waals surface area contributed by atoms with Crippen molar-refractivity contribution in [2.75, 3.05) is 46.5 Å². The SMILES string of the molecule is C[N+]1(CCOC(N)=O)CCOCC1. The predicted octanol–water partition coefficient (Wildman–Crippen LogP) is -0.441. The Morgan fingerprint density at radius 1 is 1.54 bits per heavy atom. The molecule has 1 saturated heterocycles. The van der Waals surface area contributed by atoms with E-state index in [9.17, 15) is 4.79 Å². The molecule has 5 nitrogen and oxygen atoms in total. The summed E-state index contributed by atoms with van der Waals surface area (Å²) in [6, 6.07) is 0. The molecule has 1 heterocycles. The van der Waals surface area contributed by atoms with E-state index in [4.69, 9.17) is 15.2 Å². The van der Waals surface area contributed by atoms with E-state index in [0.717, 1.165) is 37.3 Å². The van der Waals surface area contributed by atoms with Crippen LogP contribution in [0.15, 0.2) is 0 Å². The van der Waals surface area contributed by atoms with Gasteiger partial charge in [-0.05, 0) is 0 Å². The van der Waals surface area contributed by atoms with E-state index >= 15 is 0 Å². The summed E-state index contributed by atoms with van der Waals surface area (Å²) in [5.74, 6) is 0. The fraction of sp³-hybridized carbons (Fsp3) is 0.875. The first kappa shape index (κ1) is 10.3. The quantitative estimate of drug-likeness (QED) is 0.612. The van der Waals surface area contributed by atoms with Crippen LogP contribution in [-0.2, 0) is 9.47 Å². The molecule has 1 aliphatic rings. The van der Waals surface area contributed by atoms with Crippen LogP contribution in [0.25, 0.3) is 0 Å². The Balaban J connectivity index is 2.21. The molecule has 0 atom stereocenters. The van der Waals surface area contributed by atoms with Gasteiger partial charge in [0, 0.05) is 0 Å². The molecule has 1 aliphatic heterocycles. The van der Waals surface area contributed by atoms with Gasteiger partial charge in [0.15, 0.2) is 0 Å². The van der Waals surface area contributed by atoms with E-state index in [2.05, 4.69) is 7.05 Å². The third-order valence-corrected chi connectivity index (χ3v) is 2.43. The summed E-state index contributed by atoms with van der Waals surface area (Å²) >= 11 is 0. The maximum Gasteiger partial charge on any atom is 0.404 e. The van der Waals surface area contributed by atoms with Gasteiger partial charge in [-0.3, -0.25) is 0 Å². The molecule has 76 valence electrons. The molecule has 1 rings (SSSR count). The summed E-state index contributed by atoms with van der Waals surface area (Å²) in [5, 5.41) is 0. The molecule has 0 aromatic heterocycles. The van der Waals surface area contributed by atoms with E-state index in [1.807, 2.05) is 0 Å². The van der Waals surface area contributed by atoms with Crippen LogP contribution < -0.4 is 5.73 Å². The summed E-state index contributed by atoms with van der Waals surface area (Å²) in [7, 11) is 2.13. The predicted molar refractivity (Wildman–Crippen MR) is 47.1 cm³/mol. The highest BCUT2D eigenvalue weighted by atomic mass is 16.5. The van der Waals surface area contributed by atoms with Gasteiger partial charge in [-0.15, -0.1) is 0 Å². The second kappa shape index (κ2) is 4.43. The van der Waals surface area contributed by atoms with Gasteiger partial charge in [0.1, 0.15) is 26.2 Å². The summed E-state index contributed by atoms with van der Waals surface area (Å²) in [6.45, 7) is 4.72. The van der Waals surface area contributed by atoms with Gasteiger partial charge in [0.25, 0.3) is 0 Å². The minimum absolute atomic E-state index is 0.395. The van der Waals surface area contributed by atoms with E-state index in [0.29, 0.717) is 6.61 Å². The Kier molecular flexibility index (Phi) is 3.50. The number of carbonyl (C=O) groups is 1. The number of nitrogens with zero attached hydrogens (tertiary/aromatic N) is 1. The van der Waals surface area contributed by atoms with Crippen molar-refractivity contribution in [3.8, 4) is 0 Å². The van der Waals surface area contributed by atoms with Crippen LogP contribution in [-0.4, -0.2) is 57.1 Å². The molecule has 0 bridgehead atoms. The number of hydrogen-bond acceptors (Lipinski definition) is 3. The Morgan fingerprint density at radius 2 is 2.15 bits per heavy atom. The highest BCUT2D eigenvalue weighted by molar-refractivity contribution is 5.64. The van der Waals surface area contributed by atoms with E-state index in [-0.39, 0.29) is 0 Å². The normalized spacial score (nSPS) is 21.0. The fourth-order valence-electron chi connectivity index (χ4n) is 1.37. The van der Waals surface area contributed by atoms with Gasteiger partial charge in [0.2, 0.25) is 0 Å². The van der Waals surface area contributed by atoms with Crippen LogP contribution in [0.1, 0.15) is 0 Å². The van der Waals surface area contributed by atoms with Crippen molar-refractivity contribution >= 4 is 6.09 Å². The first-order valence-electron chi connectivity index (χ1n) is 4.46. The third kappa shape index (κ3) is 3.61. The van der Waals surface area contributed by atoms with Crippen LogP contribution in [0.5, 0.6) is 0 Å². The van der Waals surface area contributed by atoms with Gasteiger partial charge < -0.3 is 19.7 Å². The minimum atomic E-state index is -0.695. The zero-order valence-corrected chi connectivity index (χ0v) is 7.99. The van der Waals surface area contributed by atoms with Crippen molar-refractivity contribution in [3.05, 3.63) is 0 Å². The number of quaternary nitrogens is 1. The Labute approximate surface area is 78.0 Å². The molecule has 0 saturated carbocycles. The van der Waals surface area contributed by atoms with Crippen LogP contribution in [0, 0.1) is 0 Å². The number of morpholine rings is 1. The van der Waals surface area contributed by atoms with Crippen LogP contribution in [0.3, 0.4) is 0 Å². The van der Waals surface area contributed by atoms with E-state index in [1.165, 1.54) is 0 Å².